The van der Waals surface area contributed by atoms with E-state index in [-0.39, 0.29) is 11.7 Å². The molecule has 9 heteroatoms. The van der Waals surface area contributed by atoms with Crippen molar-refractivity contribution in [2.45, 2.75) is 12.7 Å². The molecule has 0 saturated heterocycles. The lowest BCUT2D eigenvalue weighted by molar-refractivity contribution is -0.139. The van der Waals surface area contributed by atoms with Crippen LogP contribution < -0.4 is 10.1 Å². The summed E-state index contributed by atoms with van der Waals surface area (Å²) in [6.07, 6.45) is 0.558. The van der Waals surface area contributed by atoms with E-state index in [2.05, 4.69) is 25.3 Å². The minimum atomic E-state index is -4.66. The molecule has 3 heterocycles. The molecule has 4 aromatic rings. The molecule has 0 aliphatic rings. The Morgan fingerprint density at radius 1 is 0.871 bits per heavy atom. The highest BCUT2D eigenvalue weighted by molar-refractivity contribution is 5.59. The monoisotopic (exact) mass is 423 g/mol. The molecular weight excluding hydrogens is 407 g/mol. The number of halogens is 3. The van der Waals surface area contributed by atoms with E-state index in [1.165, 1.54) is 18.5 Å². The molecule has 0 aliphatic heterocycles. The Morgan fingerprint density at radius 3 is 2.39 bits per heavy atom. The topological polar surface area (TPSA) is 72.8 Å². The lowest BCUT2D eigenvalue weighted by Crippen LogP contribution is -2.12. The summed E-state index contributed by atoms with van der Waals surface area (Å²) in [6, 6.07) is 16.3. The number of ether oxygens (including phenoxy) is 1. The van der Waals surface area contributed by atoms with Gasteiger partial charge in [-0.05, 0) is 29.8 Å². The van der Waals surface area contributed by atoms with Gasteiger partial charge in [0.1, 0.15) is 11.3 Å². The fourth-order valence-electron chi connectivity index (χ4n) is 2.75. The van der Waals surface area contributed by atoms with E-state index < -0.39 is 17.6 Å². The molecule has 0 spiro atoms. The lowest BCUT2D eigenvalue weighted by atomic mass is 10.1. The highest BCUT2D eigenvalue weighted by atomic mass is 19.4. The Hall–Kier alpha value is -4.01. The first-order chi connectivity index (χ1) is 15.0. The maximum atomic E-state index is 13.3. The fourth-order valence-corrected chi connectivity index (χ4v) is 2.75. The van der Waals surface area contributed by atoms with E-state index in [4.69, 9.17) is 4.74 Å². The van der Waals surface area contributed by atoms with Gasteiger partial charge in [0.25, 0.3) is 0 Å². The largest absolute Gasteiger partial charge is 0.437 e. The predicted octanol–water partition coefficient (Wildman–Crippen LogP) is 5.36. The Morgan fingerprint density at radius 2 is 1.71 bits per heavy atom. The minimum absolute atomic E-state index is 0.0145. The molecule has 0 unspecified atom stereocenters. The molecule has 0 aliphatic carbocycles. The van der Waals surface area contributed by atoms with Crippen LogP contribution in [0.5, 0.6) is 11.6 Å². The van der Waals surface area contributed by atoms with Gasteiger partial charge in [0.15, 0.2) is 0 Å². The Kier molecular flexibility index (Phi) is 5.74. The molecule has 0 saturated carbocycles. The number of aromatic nitrogens is 4. The van der Waals surface area contributed by atoms with Crippen LogP contribution in [0.2, 0.25) is 0 Å². The zero-order valence-corrected chi connectivity index (χ0v) is 16.0. The second-order valence-electron chi connectivity index (χ2n) is 6.47. The van der Waals surface area contributed by atoms with E-state index in [1.54, 1.807) is 12.3 Å². The Labute approximate surface area is 175 Å². The average Bonchev–Trinajstić information content (AvgIpc) is 2.79. The molecular formula is C22H16F3N5O. The summed E-state index contributed by atoms with van der Waals surface area (Å²) in [5, 5.41) is 2.92. The third kappa shape index (κ3) is 5.13. The van der Waals surface area contributed by atoms with Gasteiger partial charge in [-0.1, -0.05) is 30.3 Å². The van der Waals surface area contributed by atoms with Crippen molar-refractivity contribution in [2.24, 2.45) is 0 Å². The maximum absolute atomic E-state index is 13.3. The smallest absolute Gasteiger partial charge is 0.423 e. The number of rotatable bonds is 6. The van der Waals surface area contributed by atoms with E-state index in [1.807, 2.05) is 42.5 Å². The van der Waals surface area contributed by atoms with Crippen molar-refractivity contribution >= 4 is 5.95 Å². The Bertz CT molecular complexity index is 1140. The number of pyridine rings is 2. The van der Waals surface area contributed by atoms with Gasteiger partial charge in [-0.2, -0.15) is 18.2 Å². The summed E-state index contributed by atoms with van der Waals surface area (Å²) in [4.78, 5) is 15.8. The number of anilines is 1. The van der Waals surface area contributed by atoms with Crippen LogP contribution in [0.15, 0.2) is 79.4 Å². The van der Waals surface area contributed by atoms with Crippen LogP contribution in [0.4, 0.5) is 19.1 Å². The highest BCUT2D eigenvalue weighted by Gasteiger charge is 2.36. The molecule has 156 valence electrons. The molecule has 1 N–H and O–H groups in total. The molecule has 1 aromatic carbocycles. The van der Waals surface area contributed by atoms with Crippen LogP contribution in [-0.2, 0) is 12.7 Å². The second kappa shape index (κ2) is 8.78. The summed E-state index contributed by atoms with van der Waals surface area (Å²) in [6.45, 7) is 0.320. The zero-order chi connectivity index (χ0) is 21.7. The van der Waals surface area contributed by atoms with Crippen molar-refractivity contribution < 1.29 is 17.9 Å². The number of alkyl halides is 3. The number of hydrogen-bond acceptors (Lipinski definition) is 6. The van der Waals surface area contributed by atoms with E-state index in [0.717, 1.165) is 16.8 Å². The molecule has 0 radical (unpaired) electrons. The number of benzene rings is 1. The van der Waals surface area contributed by atoms with Crippen LogP contribution in [0.1, 0.15) is 11.1 Å². The first kappa shape index (κ1) is 20.3. The zero-order valence-electron chi connectivity index (χ0n) is 16.0. The fraction of sp³-hybridized carbons (Fsp3) is 0.0909. The van der Waals surface area contributed by atoms with Crippen molar-refractivity contribution in [3.63, 3.8) is 0 Å². The van der Waals surface area contributed by atoms with E-state index >= 15 is 0 Å². The molecule has 6 nitrogen and oxygen atoms in total. The van der Waals surface area contributed by atoms with Crippen molar-refractivity contribution in [3.05, 3.63) is 90.5 Å². The summed E-state index contributed by atoms with van der Waals surface area (Å²) < 4.78 is 45.2. The highest BCUT2D eigenvalue weighted by Crippen LogP contribution is 2.36. The minimum Gasteiger partial charge on any atom is -0.437 e. The van der Waals surface area contributed by atoms with Crippen molar-refractivity contribution in [1.29, 1.82) is 0 Å². The van der Waals surface area contributed by atoms with Gasteiger partial charge >= 0.3 is 6.18 Å². The quantitative estimate of drug-likeness (QED) is 0.450. The summed E-state index contributed by atoms with van der Waals surface area (Å²) >= 11 is 0. The molecule has 4 rings (SSSR count). The first-order valence-corrected chi connectivity index (χ1v) is 9.25. The van der Waals surface area contributed by atoms with Gasteiger partial charge in [0, 0.05) is 30.7 Å². The third-order valence-corrected chi connectivity index (χ3v) is 4.27. The third-order valence-electron chi connectivity index (χ3n) is 4.27. The van der Waals surface area contributed by atoms with Gasteiger partial charge in [-0.3, -0.25) is 9.97 Å². The standard InChI is InChI=1S/C22H16F3N5O/c23-22(24,25)18-14-29-21(30-20(18)31-17-4-3-10-26-13-17)28-12-15-6-8-16(9-7-15)19-5-1-2-11-27-19/h1-11,13-14H,12H2,(H,28,29,30). The van der Waals surface area contributed by atoms with Crippen molar-refractivity contribution in [1.82, 2.24) is 19.9 Å². The normalized spacial score (nSPS) is 11.2. The van der Waals surface area contributed by atoms with E-state index in [0.29, 0.717) is 12.7 Å². The van der Waals surface area contributed by atoms with Gasteiger partial charge in [-0.15, -0.1) is 0 Å². The van der Waals surface area contributed by atoms with Gasteiger partial charge in [0.2, 0.25) is 11.8 Å². The van der Waals surface area contributed by atoms with Crippen LogP contribution in [-0.4, -0.2) is 19.9 Å². The van der Waals surface area contributed by atoms with Gasteiger partial charge in [0.05, 0.1) is 11.9 Å². The number of hydrogen-bond donors (Lipinski definition) is 1. The molecule has 0 atom stereocenters. The Balaban J connectivity index is 1.50. The summed E-state index contributed by atoms with van der Waals surface area (Å²) in [7, 11) is 0. The average molecular weight is 423 g/mol. The molecule has 0 bridgehead atoms. The molecule has 0 amide bonds. The predicted molar refractivity (Wildman–Crippen MR) is 108 cm³/mol. The SMILES string of the molecule is FC(F)(F)c1cnc(NCc2ccc(-c3ccccn3)cc2)nc1Oc1cccnc1. The molecule has 3 aromatic heterocycles. The number of nitrogens with one attached hydrogen (secondary N) is 1. The van der Waals surface area contributed by atoms with Crippen LogP contribution >= 0.6 is 0 Å². The number of nitrogens with zero attached hydrogens (tertiary/aromatic N) is 4. The maximum Gasteiger partial charge on any atom is 0.423 e. The van der Waals surface area contributed by atoms with Crippen molar-refractivity contribution in [3.8, 4) is 22.9 Å². The molecule has 0 fully saturated rings. The summed E-state index contributed by atoms with van der Waals surface area (Å²) in [5.74, 6) is -0.438. The lowest BCUT2D eigenvalue weighted by Gasteiger charge is -2.14. The van der Waals surface area contributed by atoms with Crippen LogP contribution in [0.3, 0.4) is 0 Å². The van der Waals surface area contributed by atoms with Gasteiger partial charge in [-0.25, -0.2) is 4.98 Å². The molecule has 31 heavy (non-hydrogen) atoms. The van der Waals surface area contributed by atoms with Crippen LogP contribution in [0, 0.1) is 0 Å². The summed E-state index contributed by atoms with van der Waals surface area (Å²) in [5.41, 5.74) is 1.65. The van der Waals surface area contributed by atoms with Crippen LogP contribution in [0.25, 0.3) is 11.3 Å². The first-order valence-electron chi connectivity index (χ1n) is 9.25. The van der Waals surface area contributed by atoms with E-state index in [9.17, 15) is 13.2 Å². The second-order valence-corrected chi connectivity index (χ2v) is 6.47. The van der Waals surface area contributed by atoms with Gasteiger partial charge < -0.3 is 10.1 Å². The van der Waals surface area contributed by atoms with Crippen molar-refractivity contribution in [2.75, 3.05) is 5.32 Å².